The van der Waals surface area contributed by atoms with Crippen LogP contribution in [0.3, 0.4) is 0 Å². The largest absolute Gasteiger partial charge is 0.417 e. The molecule has 0 amide bonds. The second kappa shape index (κ2) is 8.45. The zero-order valence-corrected chi connectivity index (χ0v) is 18.5. The Balaban J connectivity index is 1.52. The van der Waals surface area contributed by atoms with E-state index in [1.165, 1.54) is 0 Å². The van der Waals surface area contributed by atoms with E-state index >= 15 is 0 Å². The van der Waals surface area contributed by atoms with Crippen LogP contribution in [0.2, 0.25) is 0 Å². The van der Waals surface area contributed by atoms with Crippen LogP contribution in [0.15, 0.2) is 121 Å². The summed E-state index contributed by atoms with van der Waals surface area (Å²) in [5.41, 5.74) is 1.66. The highest BCUT2D eigenvalue weighted by Gasteiger charge is 2.27. The third-order valence-corrected chi connectivity index (χ3v) is 6.24. The molecular weight excluding hydrogens is 418 g/mol. The first-order chi connectivity index (χ1) is 16.8. The van der Waals surface area contributed by atoms with Crippen molar-refractivity contribution in [3.63, 3.8) is 0 Å². The molecule has 6 aromatic rings. The molecule has 162 valence electrons. The Hall–Kier alpha value is -4.50. The fourth-order valence-electron chi connectivity index (χ4n) is 4.62. The molecule has 0 radical (unpaired) electrons. The molecule has 0 aliphatic rings. The minimum atomic E-state index is -0.366. The molecule has 0 saturated heterocycles. The highest BCUT2D eigenvalue weighted by molar-refractivity contribution is 6.09. The van der Waals surface area contributed by atoms with Crippen molar-refractivity contribution in [3.05, 3.63) is 133 Å². The maximum atomic E-state index is 13.9. The molecule has 34 heavy (non-hydrogen) atoms. The predicted octanol–water partition coefficient (Wildman–Crippen LogP) is 6.70. The minimum Gasteiger partial charge on any atom is -0.417 e. The first-order valence-electron chi connectivity index (χ1n) is 11.4. The van der Waals surface area contributed by atoms with Gasteiger partial charge in [0.2, 0.25) is 0 Å². The summed E-state index contributed by atoms with van der Waals surface area (Å²) in [6.45, 7) is 0.576. The average molecular weight is 441 g/mol. The molecule has 3 heteroatoms. The van der Waals surface area contributed by atoms with Crippen molar-refractivity contribution in [3.8, 4) is 5.75 Å². The highest BCUT2D eigenvalue weighted by atomic mass is 16.5. The molecule has 6 rings (SSSR count). The van der Waals surface area contributed by atoms with E-state index in [1.54, 1.807) is 0 Å². The molecule has 5 aromatic carbocycles. The van der Waals surface area contributed by atoms with Crippen molar-refractivity contribution in [2.45, 2.75) is 6.54 Å². The van der Waals surface area contributed by atoms with Gasteiger partial charge in [-0.1, -0.05) is 97.1 Å². The van der Waals surface area contributed by atoms with Crippen LogP contribution in [-0.4, -0.2) is 5.97 Å². The summed E-state index contributed by atoms with van der Waals surface area (Å²) in [4.78, 5) is 13.9. The van der Waals surface area contributed by atoms with Gasteiger partial charge in [0, 0.05) is 22.4 Å². The third-order valence-electron chi connectivity index (χ3n) is 6.24. The number of fused-ring (bicyclic) bond motifs is 3. The average Bonchev–Trinajstić information content (AvgIpc) is 2.89. The van der Waals surface area contributed by atoms with Crippen LogP contribution in [0.4, 0.5) is 0 Å². The van der Waals surface area contributed by atoms with E-state index in [2.05, 4.69) is 18.2 Å². The Morgan fingerprint density at radius 2 is 1.18 bits per heavy atom. The highest BCUT2D eigenvalue weighted by Crippen LogP contribution is 2.35. The Bertz CT molecular complexity index is 1620. The lowest BCUT2D eigenvalue weighted by molar-refractivity contribution is -0.689. The lowest BCUT2D eigenvalue weighted by atomic mass is 10.0. The molecule has 3 nitrogen and oxygen atoms in total. The van der Waals surface area contributed by atoms with Gasteiger partial charge in [-0.15, -0.1) is 0 Å². The third kappa shape index (κ3) is 3.57. The summed E-state index contributed by atoms with van der Waals surface area (Å²) < 4.78 is 8.23. The molecule has 1 heterocycles. The lowest BCUT2D eigenvalue weighted by Crippen LogP contribution is -2.42. The number of carbonyl (C=O) groups excluding carboxylic acids is 1. The number of hydrogen-bond acceptors (Lipinski definition) is 2. The Kier molecular flexibility index (Phi) is 5.00. The summed E-state index contributed by atoms with van der Waals surface area (Å²) >= 11 is 0. The van der Waals surface area contributed by atoms with Gasteiger partial charge in [-0.25, -0.2) is 4.79 Å². The van der Waals surface area contributed by atoms with E-state index in [1.807, 2.05) is 108 Å². The van der Waals surface area contributed by atoms with E-state index in [0.29, 0.717) is 18.0 Å². The topological polar surface area (TPSA) is 30.2 Å². The van der Waals surface area contributed by atoms with Gasteiger partial charge in [-0.2, -0.15) is 4.57 Å². The number of benzene rings is 5. The van der Waals surface area contributed by atoms with Gasteiger partial charge in [0.15, 0.2) is 12.7 Å². The number of carbonyl (C=O) groups is 1. The summed E-state index contributed by atoms with van der Waals surface area (Å²) in [5.74, 6) is 0.229. The van der Waals surface area contributed by atoms with E-state index in [9.17, 15) is 4.79 Å². The van der Waals surface area contributed by atoms with Gasteiger partial charge in [-0.3, -0.25) is 0 Å². The van der Waals surface area contributed by atoms with Crippen molar-refractivity contribution >= 4 is 38.3 Å². The Morgan fingerprint density at radius 1 is 0.618 bits per heavy atom. The maximum Gasteiger partial charge on any atom is 0.409 e. The van der Waals surface area contributed by atoms with Crippen molar-refractivity contribution in [2.75, 3.05) is 0 Å². The molecule has 0 fully saturated rings. The van der Waals surface area contributed by atoms with Crippen LogP contribution in [-0.2, 0) is 6.54 Å². The van der Waals surface area contributed by atoms with Crippen LogP contribution in [0, 0.1) is 0 Å². The minimum absolute atomic E-state index is 0.366. The van der Waals surface area contributed by atoms with E-state index in [4.69, 9.17) is 4.74 Å². The molecule has 0 saturated carbocycles. The van der Waals surface area contributed by atoms with Crippen molar-refractivity contribution < 1.29 is 14.1 Å². The van der Waals surface area contributed by atoms with Crippen molar-refractivity contribution in [1.82, 2.24) is 0 Å². The molecule has 0 unspecified atom stereocenters. The van der Waals surface area contributed by atoms with E-state index in [-0.39, 0.29) is 5.97 Å². The number of hydrogen-bond donors (Lipinski definition) is 0. The predicted molar refractivity (Wildman–Crippen MR) is 136 cm³/mol. The van der Waals surface area contributed by atoms with Gasteiger partial charge in [-0.05, 0) is 28.3 Å². The molecule has 0 bridgehead atoms. The SMILES string of the molecule is O=C(Oc1c2ccccc2cc2ccccc12)c1c2ccccc2cc[n+]1Cc1ccccc1. The number of aromatic nitrogens is 1. The standard InChI is InChI=1S/C31H22NO2/c33-31(34-30-27-16-8-5-13-24(27)20-25-14-6-9-17-28(25)30)29-26-15-7-4-12-23(26)18-19-32(29)21-22-10-2-1-3-11-22/h1-20H,21H2/q+1. The van der Waals surface area contributed by atoms with Crippen molar-refractivity contribution in [1.29, 1.82) is 0 Å². The van der Waals surface area contributed by atoms with Crippen LogP contribution in [0.1, 0.15) is 16.1 Å². The molecule has 0 aliphatic heterocycles. The summed E-state index contributed by atoms with van der Waals surface area (Å²) in [7, 11) is 0. The first-order valence-corrected chi connectivity index (χ1v) is 11.4. The van der Waals surface area contributed by atoms with Crippen LogP contribution in [0.5, 0.6) is 5.75 Å². The normalized spacial score (nSPS) is 11.2. The van der Waals surface area contributed by atoms with Crippen molar-refractivity contribution in [2.24, 2.45) is 0 Å². The lowest BCUT2D eigenvalue weighted by Gasteiger charge is -2.12. The molecule has 1 aromatic heterocycles. The summed E-state index contributed by atoms with van der Waals surface area (Å²) in [6.07, 6.45) is 1.97. The fourth-order valence-corrected chi connectivity index (χ4v) is 4.62. The zero-order chi connectivity index (χ0) is 22.9. The Labute approximate surface area is 197 Å². The van der Waals surface area contributed by atoms with Crippen LogP contribution >= 0.6 is 0 Å². The quantitative estimate of drug-likeness (QED) is 0.132. The number of pyridine rings is 1. The molecule has 0 atom stereocenters. The second-order valence-corrected chi connectivity index (χ2v) is 8.40. The smallest absolute Gasteiger partial charge is 0.409 e. The molecular formula is C31H22NO2+. The van der Waals surface area contributed by atoms with Crippen LogP contribution in [0.25, 0.3) is 32.3 Å². The maximum absolute atomic E-state index is 13.9. The number of rotatable bonds is 4. The monoisotopic (exact) mass is 440 g/mol. The van der Waals surface area contributed by atoms with Gasteiger partial charge >= 0.3 is 5.97 Å². The van der Waals surface area contributed by atoms with Gasteiger partial charge < -0.3 is 4.74 Å². The second-order valence-electron chi connectivity index (χ2n) is 8.40. The zero-order valence-electron chi connectivity index (χ0n) is 18.5. The first kappa shape index (κ1) is 20.1. The van der Waals surface area contributed by atoms with E-state index < -0.39 is 0 Å². The molecule has 0 N–H and O–H groups in total. The van der Waals surface area contributed by atoms with E-state index in [0.717, 1.165) is 37.9 Å². The summed E-state index contributed by atoms with van der Waals surface area (Å²) in [6, 6.07) is 38.3. The Morgan fingerprint density at radius 3 is 1.85 bits per heavy atom. The summed E-state index contributed by atoms with van der Waals surface area (Å²) in [5, 5.41) is 5.80. The van der Waals surface area contributed by atoms with Gasteiger partial charge in [0.25, 0.3) is 5.69 Å². The number of nitrogens with zero attached hydrogens (tertiary/aromatic N) is 1. The van der Waals surface area contributed by atoms with Crippen LogP contribution < -0.4 is 9.30 Å². The number of ether oxygens (including phenoxy) is 1. The van der Waals surface area contributed by atoms with Gasteiger partial charge in [0.05, 0.1) is 5.39 Å². The van der Waals surface area contributed by atoms with Gasteiger partial charge in [0.1, 0.15) is 5.75 Å². The number of esters is 1. The molecule has 0 spiro atoms. The molecule has 0 aliphatic carbocycles. The fraction of sp³-hybridized carbons (Fsp3) is 0.0323.